The number of morpholine rings is 1. The van der Waals surface area contributed by atoms with Crippen molar-refractivity contribution in [2.45, 2.75) is 26.1 Å². The van der Waals surface area contributed by atoms with E-state index >= 15 is 0 Å². The van der Waals surface area contributed by atoms with Gasteiger partial charge in [-0.25, -0.2) is 9.52 Å². The van der Waals surface area contributed by atoms with Crippen LogP contribution in [0.3, 0.4) is 0 Å². The molecule has 7 nitrogen and oxygen atoms in total. The Labute approximate surface area is 115 Å². The Morgan fingerprint density at radius 3 is 2.83 bits per heavy atom. The van der Waals surface area contributed by atoms with Crippen LogP contribution in [0.25, 0.3) is 0 Å². The zero-order chi connectivity index (χ0) is 13.8. The minimum atomic E-state index is -3.86. The van der Waals surface area contributed by atoms with Gasteiger partial charge in [0, 0.05) is 18.4 Å². The van der Waals surface area contributed by atoms with Crippen molar-refractivity contribution in [3.8, 4) is 0 Å². The van der Waals surface area contributed by atoms with Gasteiger partial charge in [-0.1, -0.05) is 15.9 Å². The fourth-order valence-corrected chi connectivity index (χ4v) is 2.87. The van der Waals surface area contributed by atoms with E-state index < -0.39 is 16.3 Å². The molecule has 0 aliphatic carbocycles. The van der Waals surface area contributed by atoms with Gasteiger partial charge in [0.05, 0.1) is 18.8 Å². The molecule has 1 atom stereocenters. The quantitative estimate of drug-likeness (QED) is 0.749. The number of carbonyl (C=O) groups is 1. The Balaban J connectivity index is 2.60. The van der Waals surface area contributed by atoms with E-state index in [1.165, 1.54) is 4.31 Å². The number of carbonyl (C=O) groups excluding carboxylic acids is 1. The molecule has 0 spiro atoms. The van der Waals surface area contributed by atoms with Crippen LogP contribution < -0.4 is 4.72 Å². The maximum absolute atomic E-state index is 11.9. The van der Waals surface area contributed by atoms with E-state index in [9.17, 15) is 13.2 Å². The molecule has 0 bridgehead atoms. The minimum absolute atomic E-state index is 0.204. The lowest BCUT2D eigenvalue weighted by atomic mass is 10.3. The fourth-order valence-electron chi connectivity index (χ4n) is 1.41. The van der Waals surface area contributed by atoms with E-state index in [-0.39, 0.29) is 25.3 Å². The molecule has 0 radical (unpaired) electrons. The zero-order valence-corrected chi connectivity index (χ0v) is 12.7. The molecule has 1 aliphatic rings. The Bertz CT molecular complexity index is 386. The third kappa shape index (κ3) is 4.71. The molecule has 1 heterocycles. The molecule has 0 aromatic rings. The fraction of sp³-hybridized carbons (Fsp3) is 0.889. The third-order valence-corrected chi connectivity index (χ3v) is 4.33. The number of alkyl halides is 1. The average molecular weight is 345 g/mol. The summed E-state index contributed by atoms with van der Waals surface area (Å²) in [5, 5.41) is 0.537. The Morgan fingerprint density at radius 1 is 1.61 bits per heavy atom. The average Bonchev–Trinajstić information content (AvgIpc) is 2.27. The van der Waals surface area contributed by atoms with Gasteiger partial charge in [-0.2, -0.15) is 12.7 Å². The zero-order valence-electron chi connectivity index (χ0n) is 10.3. The van der Waals surface area contributed by atoms with E-state index in [0.717, 1.165) is 0 Å². The van der Waals surface area contributed by atoms with Crippen LogP contribution in [0.1, 0.15) is 13.8 Å². The number of rotatable bonds is 4. The first-order valence-electron chi connectivity index (χ1n) is 5.51. The lowest BCUT2D eigenvalue weighted by molar-refractivity contribution is 0.0131. The molecule has 106 valence electrons. The van der Waals surface area contributed by atoms with Crippen LogP contribution in [0.15, 0.2) is 0 Å². The molecule has 0 saturated carbocycles. The summed E-state index contributed by atoms with van der Waals surface area (Å²) in [5.74, 6) is 0. The first kappa shape index (κ1) is 15.7. The second kappa shape index (κ2) is 6.69. The van der Waals surface area contributed by atoms with Crippen molar-refractivity contribution >= 4 is 32.2 Å². The number of hydrogen-bond acceptors (Lipinski definition) is 5. The summed E-state index contributed by atoms with van der Waals surface area (Å²) in [7, 11) is -3.86. The number of ether oxygens (including phenoxy) is 2. The second-order valence-electron chi connectivity index (χ2n) is 4.07. The van der Waals surface area contributed by atoms with Crippen molar-refractivity contribution in [2.75, 3.05) is 25.0 Å². The third-order valence-electron chi connectivity index (χ3n) is 2.17. The van der Waals surface area contributed by atoms with Crippen LogP contribution in [0, 0.1) is 0 Å². The molecule has 1 aliphatic heterocycles. The van der Waals surface area contributed by atoms with Crippen molar-refractivity contribution < 1.29 is 22.7 Å². The standard InChI is InChI=1S/C9H17BrN2O5S/c1-7(2)17-9(13)11-18(14,15)12-3-4-16-8(5-10)6-12/h7-8H,3-6H2,1-2H3,(H,11,13). The van der Waals surface area contributed by atoms with Crippen molar-refractivity contribution in [3.05, 3.63) is 0 Å². The highest BCUT2D eigenvalue weighted by molar-refractivity contribution is 9.09. The van der Waals surface area contributed by atoms with Gasteiger partial charge in [-0.15, -0.1) is 0 Å². The summed E-state index contributed by atoms with van der Waals surface area (Å²) in [6.07, 6.45) is -1.55. The topological polar surface area (TPSA) is 84.9 Å². The van der Waals surface area contributed by atoms with Gasteiger partial charge in [0.25, 0.3) is 0 Å². The van der Waals surface area contributed by atoms with Crippen molar-refractivity contribution in [1.82, 2.24) is 9.03 Å². The number of amides is 1. The Kier molecular flexibility index (Phi) is 5.83. The Morgan fingerprint density at radius 2 is 2.28 bits per heavy atom. The molecule has 1 unspecified atom stereocenters. The number of halogens is 1. The maximum atomic E-state index is 11.9. The largest absolute Gasteiger partial charge is 0.446 e. The highest BCUT2D eigenvalue weighted by Crippen LogP contribution is 2.10. The minimum Gasteiger partial charge on any atom is -0.446 e. The molecule has 1 rings (SSSR count). The van der Waals surface area contributed by atoms with Crippen LogP contribution in [0.2, 0.25) is 0 Å². The van der Waals surface area contributed by atoms with Crippen molar-refractivity contribution in [1.29, 1.82) is 0 Å². The molecular weight excluding hydrogens is 328 g/mol. The predicted octanol–water partition coefficient (Wildman–Crippen LogP) is 0.462. The summed E-state index contributed by atoms with van der Waals surface area (Å²) in [4.78, 5) is 11.3. The summed E-state index contributed by atoms with van der Waals surface area (Å²) in [5.41, 5.74) is 0. The van der Waals surface area contributed by atoms with Gasteiger partial charge in [0.1, 0.15) is 0 Å². The van der Waals surface area contributed by atoms with Crippen LogP contribution in [0.4, 0.5) is 4.79 Å². The molecule has 1 fully saturated rings. The number of hydrogen-bond donors (Lipinski definition) is 1. The number of nitrogens with one attached hydrogen (secondary N) is 1. The van der Waals surface area contributed by atoms with Gasteiger partial charge in [-0.05, 0) is 13.8 Å². The van der Waals surface area contributed by atoms with Gasteiger partial charge in [-0.3, -0.25) is 0 Å². The normalized spacial score (nSPS) is 21.9. The number of nitrogens with zero attached hydrogens (tertiary/aromatic N) is 1. The molecule has 1 N–H and O–H groups in total. The monoisotopic (exact) mass is 344 g/mol. The molecule has 1 saturated heterocycles. The van der Waals surface area contributed by atoms with Gasteiger partial charge in [0.15, 0.2) is 0 Å². The second-order valence-corrected chi connectivity index (χ2v) is 6.38. The summed E-state index contributed by atoms with van der Waals surface area (Å²) in [6, 6.07) is 0. The molecule has 0 aromatic heterocycles. The highest BCUT2D eigenvalue weighted by atomic mass is 79.9. The van der Waals surface area contributed by atoms with E-state index in [0.29, 0.717) is 11.9 Å². The Hall–Kier alpha value is -0.380. The molecular formula is C9H17BrN2O5S. The predicted molar refractivity (Wildman–Crippen MR) is 68.8 cm³/mol. The smallest absolute Gasteiger partial charge is 0.422 e. The van der Waals surface area contributed by atoms with Gasteiger partial charge >= 0.3 is 16.3 Å². The van der Waals surface area contributed by atoms with E-state index in [1.54, 1.807) is 13.8 Å². The van der Waals surface area contributed by atoms with Crippen LogP contribution in [0.5, 0.6) is 0 Å². The van der Waals surface area contributed by atoms with E-state index in [2.05, 4.69) is 15.9 Å². The van der Waals surface area contributed by atoms with Crippen LogP contribution in [-0.2, 0) is 19.7 Å². The summed E-state index contributed by atoms with van der Waals surface area (Å²) >= 11 is 3.23. The summed E-state index contributed by atoms with van der Waals surface area (Å²) in [6.45, 7) is 4.00. The van der Waals surface area contributed by atoms with Crippen LogP contribution >= 0.6 is 15.9 Å². The van der Waals surface area contributed by atoms with Gasteiger partial charge in [0.2, 0.25) is 0 Å². The van der Waals surface area contributed by atoms with Gasteiger partial charge < -0.3 is 9.47 Å². The first-order valence-corrected chi connectivity index (χ1v) is 8.07. The lowest BCUT2D eigenvalue weighted by Crippen LogP contribution is -2.51. The molecule has 1 amide bonds. The highest BCUT2D eigenvalue weighted by Gasteiger charge is 2.30. The maximum Gasteiger partial charge on any atom is 0.422 e. The first-order chi connectivity index (χ1) is 8.35. The van der Waals surface area contributed by atoms with E-state index in [4.69, 9.17) is 9.47 Å². The SMILES string of the molecule is CC(C)OC(=O)NS(=O)(=O)N1CCOC(CBr)C1. The molecule has 0 aromatic carbocycles. The van der Waals surface area contributed by atoms with Crippen molar-refractivity contribution in [3.63, 3.8) is 0 Å². The van der Waals surface area contributed by atoms with Crippen molar-refractivity contribution in [2.24, 2.45) is 0 Å². The molecule has 18 heavy (non-hydrogen) atoms. The summed E-state index contributed by atoms with van der Waals surface area (Å²) < 4.78 is 36.9. The molecule has 9 heteroatoms. The van der Waals surface area contributed by atoms with E-state index in [1.807, 2.05) is 4.72 Å². The van der Waals surface area contributed by atoms with Crippen LogP contribution in [-0.4, -0.2) is 56.1 Å². The lowest BCUT2D eigenvalue weighted by Gasteiger charge is -2.30.